The van der Waals surface area contributed by atoms with Crippen LogP contribution in [0.25, 0.3) is 0 Å². The Bertz CT molecular complexity index is 865. The highest BCUT2D eigenvalue weighted by Gasteiger charge is 2.27. The summed E-state index contributed by atoms with van der Waals surface area (Å²) < 4.78 is 27.0. The lowest BCUT2D eigenvalue weighted by atomic mass is 10.2. The molecule has 1 aromatic carbocycles. The average molecular weight is 381 g/mol. The number of nitrogens with zero attached hydrogens (tertiary/aromatic N) is 2. The topological polar surface area (TPSA) is 84.0 Å². The SMILES string of the molecule is CCc1c(Cl)nc(C)nc1NCc1ccc(S(=O)(=O)NC2CC2)cc1. The summed E-state index contributed by atoms with van der Waals surface area (Å²) in [4.78, 5) is 8.86. The standard InChI is InChI=1S/C17H21ClN4O2S/c1-3-15-16(18)20-11(2)21-17(15)19-10-12-4-8-14(9-5-12)25(23,24)22-13-6-7-13/h4-5,8-9,13,22H,3,6-7,10H2,1-2H3,(H,19,20,21). The number of hydrogen-bond acceptors (Lipinski definition) is 5. The van der Waals surface area contributed by atoms with Gasteiger partial charge in [0.05, 0.1) is 4.90 Å². The molecule has 1 aliphatic carbocycles. The third kappa shape index (κ3) is 4.48. The Labute approximate surface area is 153 Å². The first-order valence-corrected chi connectivity index (χ1v) is 10.1. The van der Waals surface area contributed by atoms with Crippen molar-refractivity contribution in [3.63, 3.8) is 0 Å². The maximum atomic E-state index is 12.2. The van der Waals surface area contributed by atoms with E-state index in [2.05, 4.69) is 20.0 Å². The van der Waals surface area contributed by atoms with Crippen LogP contribution < -0.4 is 10.0 Å². The van der Waals surface area contributed by atoms with E-state index in [1.807, 2.05) is 6.92 Å². The molecule has 0 amide bonds. The van der Waals surface area contributed by atoms with Gasteiger partial charge in [-0.3, -0.25) is 0 Å². The first-order chi connectivity index (χ1) is 11.9. The highest BCUT2D eigenvalue weighted by molar-refractivity contribution is 7.89. The zero-order valence-corrected chi connectivity index (χ0v) is 15.8. The van der Waals surface area contributed by atoms with Gasteiger partial charge in [0.25, 0.3) is 0 Å². The number of aromatic nitrogens is 2. The predicted octanol–water partition coefficient (Wildman–Crippen LogP) is 3.05. The smallest absolute Gasteiger partial charge is 0.240 e. The molecule has 0 unspecified atom stereocenters. The number of hydrogen-bond donors (Lipinski definition) is 2. The molecule has 1 saturated carbocycles. The van der Waals surface area contributed by atoms with Gasteiger partial charge in [-0.2, -0.15) is 0 Å². The molecule has 0 radical (unpaired) electrons. The molecule has 0 aliphatic heterocycles. The van der Waals surface area contributed by atoms with Crippen LogP contribution in [-0.2, 0) is 23.0 Å². The predicted molar refractivity (Wildman–Crippen MR) is 98.3 cm³/mol. The van der Waals surface area contributed by atoms with Crippen LogP contribution in [0, 0.1) is 6.92 Å². The molecule has 0 atom stereocenters. The summed E-state index contributed by atoms with van der Waals surface area (Å²) in [6.07, 6.45) is 2.56. The average Bonchev–Trinajstić information content (AvgIpc) is 3.36. The van der Waals surface area contributed by atoms with Crippen LogP contribution in [0.3, 0.4) is 0 Å². The minimum Gasteiger partial charge on any atom is -0.366 e. The third-order valence-electron chi connectivity index (χ3n) is 4.01. The van der Waals surface area contributed by atoms with Gasteiger partial charge in [0.15, 0.2) is 0 Å². The molecule has 1 aromatic heterocycles. The Morgan fingerprint density at radius 2 is 1.88 bits per heavy atom. The highest BCUT2D eigenvalue weighted by atomic mass is 35.5. The van der Waals surface area contributed by atoms with Gasteiger partial charge in [0.2, 0.25) is 10.0 Å². The van der Waals surface area contributed by atoms with Crippen LogP contribution >= 0.6 is 11.6 Å². The lowest BCUT2D eigenvalue weighted by Crippen LogP contribution is -2.25. The lowest BCUT2D eigenvalue weighted by molar-refractivity contribution is 0.581. The summed E-state index contributed by atoms with van der Waals surface area (Å²) in [5, 5.41) is 3.72. The van der Waals surface area contributed by atoms with Gasteiger partial charge in [-0.05, 0) is 43.9 Å². The van der Waals surface area contributed by atoms with Crippen molar-refractivity contribution in [2.24, 2.45) is 0 Å². The van der Waals surface area contributed by atoms with E-state index in [0.29, 0.717) is 28.2 Å². The third-order valence-corrected chi connectivity index (χ3v) is 5.86. The van der Waals surface area contributed by atoms with E-state index in [1.165, 1.54) is 0 Å². The molecule has 2 aromatic rings. The molecule has 6 nitrogen and oxygen atoms in total. The number of rotatable bonds is 7. The van der Waals surface area contributed by atoms with Gasteiger partial charge in [0.1, 0.15) is 16.8 Å². The fraction of sp³-hybridized carbons (Fsp3) is 0.412. The van der Waals surface area contributed by atoms with E-state index in [4.69, 9.17) is 11.6 Å². The Hall–Kier alpha value is -1.70. The second kappa shape index (κ2) is 7.27. The minimum absolute atomic E-state index is 0.101. The zero-order chi connectivity index (χ0) is 18.0. The number of sulfonamides is 1. The Kier molecular flexibility index (Phi) is 5.27. The summed E-state index contributed by atoms with van der Waals surface area (Å²) in [5.74, 6) is 1.32. The summed E-state index contributed by atoms with van der Waals surface area (Å²) in [7, 11) is -3.41. The summed E-state index contributed by atoms with van der Waals surface area (Å²) in [6.45, 7) is 4.32. The largest absolute Gasteiger partial charge is 0.366 e. The Balaban J connectivity index is 1.70. The van der Waals surface area contributed by atoms with Crippen LogP contribution in [0.4, 0.5) is 5.82 Å². The number of halogens is 1. The van der Waals surface area contributed by atoms with Crippen molar-refractivity contribution >= 4 is 27.4 Å². The number of nitrogens with one attached hydrogen (secondary N) is 2. The van der Waals surface area contributed by atoms with Gasteiger partial charge in [0, 0.05) is 18.2 Å². The van der Waals surface area contributed by atoms with E-state index >= 15 is 0 Å². The summed E-state index contributed by atoms with van der Waals surface area (Å²) >= 11 is 6.17. The number of anilines is 1. The van der Waals surface area contributed by atoms with Gasteiger partial charge < -0.3 is 5.32 Å². The van der Waals surface area contributed by atoms with E-state index in [9.17, 15) is 8.42 Å². The summed E-state index contributed by atoms with van der Waals surface area (Å²) in [5.41, 5.74) is 1.83. The lowest BCUT2D eigenvalue weighted by Gasteiger charge is -2.12. The van der Waals surface area contributed by atoms with Crippen molar-refractivity contribution in [3.05, 3.63) is 46.4 Å². The van der Waals surface area contributed by atoms with Crippen molar-refractivity contribution in [1.82, 2.24) is 14.7 Å². The van der Waals surface area contributed by atoms with Crippen molar-refractivity contribution in [2.45, 2.75) is 50.6 Å². The van der Waals surface area contributed by atoms with E-state index in [1.54, 1.807) is 31.2 Å². The zero-order valence-electron chi connectivity index (χ0n) is 14.2. The molecule has 0 bridgehead atoms. The highest BCUT2D eigenvalue weighted by Crippen LogP contribution is 2.24. The molecule has 2 N–H and O–H groups in total. The van der Waals surface area contributed by atoms with E-state index in [-0.39, 0.29) is 6.04 Å². The van der Waals surface area contributed by atoms with Crippen molar-refractivity contribution in [1.29, 1.82) is 0 Å². The fourth-order valence-corrected chi connectivity index (χ4v) is 4.13. The molecule has 1 aliphatic rings. The quantitative estimate of drug-likeness (QED) is 0.721. The first kappa shape index (κ1) is 18.1. The molecular weight excluding hydrogens is 360 g/mol. The first-order valence-electron chi connectivity index (χ1n) is 8.27. The molecule has 8 heteroatoms. The molecule has 0 spiro atoms. The molecular formula is C17H21ClN4O2S. The second-order valence-electron chi connectivity index (χ2n) is 6.14. The van der Waals surface area contributed by atoms with Gasteiger partial charge in [-0.1, -0.05) is 30.7 Å². The molecule has 1 heterocycles. The van der Waals surface area contributed by atoms with E-state index < -0.39 is 10.0 Å². The van der Waals surface area contributed by atoms with Gasteiger partial charge >= 0.3 is 0 Å². The molecule has 0 saturated heterocycles. The van der Waals surface area contributed by atoms with Crippen LogP contribution in [0.1, 0.15) is 36.7 Å². The monoisotopic (exact) mass is 380 g/mol. The van der Waals surface area contributed by atoms with Crippen molar-refractivity contribution in [2.75, 3.05) is 5.32 Å². The van der Waals surface area contributed by atoms with Crippen molar-refractivity contribution < 1.29 is 8.42 Å². The maximum absolute atomic E-state index is 12.2. The number of aryl methyl sites for hydroxylation is 1. The van der Waals surface area contributed by atoms with Crippen LogP contribution in [0.5, 0.6) is 0 Å². The second-order valence-corrected chi connectivity index (χ2v) is 8.21. The molecule has 1 fully saturated rings. The van der Waals surface area contributed by atoms with Crippen LogP contribution in [0.2, 0.25) is 5.15 Å². The van der Waals surface area contributed by atoms with Crippen LogP contribution in [-0.4, -0.2) is 24.4 Å². The number of benzene rings is 1. The van der Waals surface area contributed by atoms with E-state index in [0.717, 1.165) is 30.4 Å². The molecule has 134 valence electrons. The maximum Gasteiger partial charge on any atom is 0.240 e. The van der Waals surface area contributed by atoms with Gasteiger partial charge in [-0.15, -0.1) is 0 Å². The Morgan fingerprint density at radius 3 is 2.48 bits per heavy atom. The minimum atomic E-state index is -3.41. The summed E-state index contributed by atoms with van der Waals surface area (Å²) in [6, 6.07) is 6.96. The Morgan fingerprint density at radius 1 is 1.20 bits per heavy atom. The molecule has 3 rings (SSSR count). The van der Waals surface area contributed by atoms with Crippen LogP contribution in [0.15, 0.2) is 29.2 Å². The molecule has 25 heavy (non-hydrogen) atoms. The fourth-order valence-electron chi connectivity index (χ4n) is 2.48. The van der Waals surface area contributed by atoms with Gasteiger partial charge in [-0.25, -0.2) is 23.1 Å². The van der Waals surface area contributed by atoms with Crippen molar-refractivity contribution in [3.8, 4) is 0 Å². The normalized spacial score (nSPS) is 14.5.